The van der Waals surface area contributed by atoms with Crippen LogP contribution in [0.2, 0.25) is 0 Å². The van der Waals surface area contributed by atoms with Gasteiger partial charge in [0.15, 0.2) is 0 Å². The van der Waals surface area contributed by atoms with E-state index in [4.69, 9.17) is 1.37 Å². The van der Waals surface area contributed by atoms with E-state index in [0.717, 1.165) is 4.47 Å². The second kappa shape index (κ2) is 3.37. The highest BCUT2D eigenvalue weighted by atomic mass is 79.9. The molecule has 10 heavy (non-hydrogen) atoms. The summed E-state index contributed by atoms with van der Waals surface area (Å²) >= 11 is 3.25. The molecule has 0 spiro atoms. The fourth-order valence-corrected chi connectivity index (χ4v) is 0.856. The van der Waals surface area contributed by atoms with E-state index in [-0.39, 0.29) is 0 Å². The molecule has 0 aliphatic carbocycles. The Morgan fingerprint density at radius 1 is 1.50 bits per heavy atom. The molecule has 0 aromatic heterocycles. The Balaban J connectivity index is 2.74. The molecule has 1 rings (SSSR count). The first-order chi connectivity index (χ1) is 5.18. The van der Waals surface area contributed by atoms with E-state index >= 15 is 0 Å². The topological polar surface area (TPSA) is 29.1 Å². The summed E-state index contributed by atoms with van der Waals surface area (Å²) < 4.78 is 7.55. The van der Waals surface area contributed by atoms with E-state index < -0.39 is 6.39 Å². The number of nitrogens with one attached hydrogen (secondary N) is 1. The normalized spacial score (nSPS) is 10.3. The molecular formula is C7H6BrNO. The number of amides is 1. The highest BCUT2D eigenvalue weighted by molar-refractivity contribution is 9.10. The average Bonchev–Trinajstić information content (AvgIpc) is 1.93. The van der Waals surface area contributed by atoms with Crippen LogP contribution in [0.15, 0.2) is 28.7 Å². The monoisotopic (exact) mass is 200 g/mol. The fourth-order valence-electron chi connectivity index (χ4n) is 0.592. The lowest BCUT2D eigenvalue weighted by Gasteiger charge is -1.95. The Labute approximate surface area is 68.8 Å². The van der Waals surface area contributed by atoms with Crippen molar-refractivity contribution in [2.75, 3.05) is 5.32 Å². The lowest BCUT2D eigenvalue weighted by atomic mass is 10.3. The first-order valence-electron chi connectivity index (χ1n) is 3.21. The van der Waals surface area contributed by atoms with Gasteiger partial charge in [0.25, 0.3) is 0 Å². The molecule has 0 radical (unpaired) electrons. The first kappa shape index (κ1) is 5.92. The third-order valence-electron chi connectivity index (χ3n) is 1.04. The number of benzene rings is 1. The van der Waals surface area contributed by atoms with Gasteiger partial charge in [0, 0.05) is 10.2 Å². The molecule has 0 atom stereocenters. The maximum Gasteiger partial charge on any atom is 0.211 e. The zero-order valence-corrected chi connectivity index (χ0v) is 6.68. The maximum atomic E-state index is 10.2. The van der Waals surface area contributed by atoms with Gasteiger partial charge in [0.1, 0.15) is 1.37 Å². The Hall–Kier alpha value is -0.830. The number of carbonyl (C=O) groups is 1. The van der Waals surface area contributed by atoms with Crippen LogP contribution in [0.25, 0.3) is 0 Å². The number of hydrogen-bond acceptors (Lipinski definition) is 1. The summed E-state index contributed by atoms with van der Waals surface area (Å²) in [6.45, 7) is 0. The van der Waals surface area contributed by atoms with Gasteiger partial charge in [0.2, 0.25) is 6.39 Å². The van der Waals surface area contributed by atoms with Gasteiger partial charge in [-0.2, -0.15) is 0 Å². The van der Waals surface area contributed by atoms with E-state index in [2.05, 4.69) is 21.2 Å². The number of rotatable bonds is 1. The minimum atomic E-state index is -0.799. The van der Waals surface area contributed by atoms with Gasteiger partial charge in [0.05, 0.1) is 0 Å². The molecule has 3 heteroatoms. The second-order valence-electron chi connectivity index (χ2n) is 1.73. The van der Waals surface area contributed by atoms with Gasteiger partial charge >= 0.3 is 0 Å². The predicted octanol–water partition coefficient (Wildman–Crippen LogP) is 2.02. The summed E-state index contributed by atoms with van der Waals surface area (Å²) in [5.41, 5.74) is 0.633. The van der Waals surface area contributed by atoms with E-state index in [0.29, 0.717) is 5.69 Å². The molecule has 0 unspecified atom stereocenters. The molecule has 1 N–H and O–H groups in total. The van der Waals surface area contributed by atoms with Gasteiger partial charge in [-0.1, -0.05) is 15.9 Å². The Morgan fingerprint density at radius 2 is 2.10 bits per heavy atom. The van der Waals surface area contributed by atoms with E-state index in [1.807, 2.05) is 0 Å². The first-order valence-corrected chi connectivity index (χ1v) is 3.51. The van der Waals surface area contributed by atoms with Gasteiger partial charge < -0.3 is 5.32 Å². The Morgan fingerprint density at radius 3 is 2.60 bits per heavy atom. The second-order valence-corrected chi connectivity index (χ2v) is 2.65. The molecular weight excluding hydrogens is 194 g/mol. The lowest BCUT2D eigenvalue weighted by molar-refractivity contribution is -0.105. The number of anilines is 1. The van der Waals surface area contributed by atoms with Crippen molar-refractivity contribution in [3.63, 3.8) is 0 Å². The molecule has 0 fully saturated rings. The SMILES string of the molecule is [2H]C(=O)Nc1ccc(Br)cc1. The molecule has 1 aromatic rings. The molecule has 2 nitrogen and oxygen atoms in total. The molecule has 0 heterocycles. The summed E-state index contributed by atoms with van der Waals surface area (Å²) in [5, 5.41) is 2.34. The minimum Gasteiger partial charge on any atom is -0.329 e. The molecule has 0 saturated carbocycles. The molecule has 0 saturated heterocycles. The standard InChI is InChI=1S/C7H6BrNO/c8-6-1-3-7(4-2-6)9-5-10/h1-5H,(H,9,10)/i5D. The van der Waals surface area contributed by atoms with Crippen LogP contribution in [0.3, 0.4) is 0 Å². The van der Waals surface area contributed by atoms with Gasteiger partial charge in [-0.05, 0) is 24.3 Å². The van der Waals surface area contributed by atoms with Crippen LogP contribution in [0.1, 0.15) is 1.37 Å². The number of halogens is 1. The van der Waals surface area contributed by atoms with Crippen molar-refractivity contribution in [1.29, 1.82) is 0 Å². The van der Waals surface area contributed by atoms with Crippen LogP contribution in [0.4, 0.5) is 5.69 Å². The Bertz CT molecular complexity index is 260. The quantitative estimate of drug-likeness (QED) is 0.692. The number of carbonyl (C=O) groups excluding carboxylic acids is 1. The van der Waals surface area contributed by atoms with Crippen LogP contribution in [-0.2, 0) is 4.79 Å². The number of hydrogen-bond donors (Lipinski definition) is 1. The highest BCUT2D eigenvalue weighted by Crippen LogP contribution is 2.12. The van der Waals surface area contributed by atoms with Crippen LogP contribution in [-0.4, -0.2) is 6.39 Å². The molecule has 0 aliphatic heterocycles. The molecule has 0 bridgehead atoms. The van der Waals surface area contributed by atoms with Crippen LogP contribution < -0.4 is 5.32 Å². The van der Waals surface area contributed by atoms with Crippen molar-refractivity contribution in [3.8, 4) is 0 Å². The maximum absolute atomic E-state index is 10.2. The van der Waals surface area contributed by atoms with Gasteiger partial charge in [-0.3, -0.25) is 4.79 Å². The van der Waals surface area contributed by atoms with Gasteiger partial charge in [-0.25, -0.2) is 0 Å². The third-order valence-corrected chi connectivity index (χ3v) is 1.57. The van der Waals surface area contributed by atoms with Crippen LogP contribution in [0, 0.1) is 0 Å². The van der Waals surface area contributed by atoms with Gasteiger partial charge in [-0.15, -0.1) is 0 Å². The fraction of sp³-hybridized carbons (Fsp3) is 0. The molecule has 1 aromatic carbocycles. The zero-order chi connectivity index (χ0) is 8.27. The molecule has 52 valence electrons. The average molecular weight is 201 g/mol. The van der Waals surface area contributed by atoms with Crippen molar-refractivity contribution in [1.82, 2.24) is 0 Å². The van der Waals surface area contributed by atoms with E-state index in [9.17, 15) is 4.79 Å². The van der Waals surface area contributed by atoms with Crippen LogP contribution >= 0.6 is 15.9 Å². The largest absolute Gasteiger partial charge is 0.329 e. The predicted molar refractivity (Wildman–Crippen MR) is 43.8 cm³/mol. The lowest BCUT2D eigenvalue weighted by Crippen LogP contribution is -1.91. The molecule has 1 amide bonds. The summed E-state index contributed by atoms with van der Waals surface area (Å²) in [6, 6.07) is 7.03. The van der Waals surface area contributed by atoms with Crippen LogP contribution in [0.5, 0.6) is 0 Å². The Kier molecular flexibility index (Phi) is 1.99. The smallest absolute Gasteiger partial charge is 0.211 e. The zero-order valence-electron chi connectivity index (χ0n) is 6.10. The van der Waals surface area contributed by atoms with Crippen molar-refractivity contribution < 1.29 is 6.17 Å². The highest BCUT2D eigenvalue weighted by Gasteiger charge is 1.87. The summed E-state index contributed by atoms with van der Waals surface area (Å²) in [4.78, 5) is 10.2. The third kappa shape index (κ3) is 1.84. The van der Waals surface area contributed by atoms with Crippen molar-refractivity contribution >= 4 is 28.0 Å². The van der Waals surface area contributed by atoms with Crippen molar-refractivity contribution in [3.05, 3.63) is 28.7 Å². The summed E-state index contributed by atoms with van der Waals surface area (Å²) in [6.07, 6.45) is -0.799. The van der Waals surface area contributed by atoms with Crippen molar-refractivity contribution in [2.45, 2.75) is 0 Å². The summed E-state index contributed by atoms with van der Waals surface area (Å²) in [5.74, 6) is 0. The van der Waals surface area contributed by atoms with E-state index in [1.54, 1.807) is 24.3 Å². The molecule has 0 aliphatic rings. The minimum absolute atomic E-state index is 0.633. The van der Waals surface area contributed by atoms with E-state index in [1.165, 1.54) is 0 Å². The summed E-state index contributed by atoms with van der Waals surface area (Å²) in [7, 11) is 0. The van der Waals surface area contributed by atoms with Crippen molar-refractivity contribution in [2.24, 2.45) is 0 Å².